The van der Waals surface area contributed by atoms with E-state index in [1.807, 2.05) is 6.92 Å². The van der Waals surface area contributed by atoms with Gasteiger partial charge in [-0.2, -0.15) is 43.5 Å². The number of ether oxygens (including phenoxy) is 12. The van der Waals surface area contributed by atoms with Crippen LogP contribution in [0.5, 0.6) is 5.75 Å². The fraction of sp³-hybridized carbons (Fsp3) is 0.698. The van der Waals surface area contributed by atoms with Crippen LogP contribution < -0.4 is 4.74 Å². The number of imidazole rings is 1. The summed E-state index contributed by atoms with van der Waals surface area (Å²) in [6.07, 6.45) is 0.103. The number of ketones is 3. The molecule has 2 N–H and O–H groups in total. The van der Waals surface area contributed by atoms with E-state index in [1.54, 1.807) is 51.6 Å². The first-order valence-corrected chi connectivity index (χ1v) is 35.6. The molecule has 41 heteroatoms. The van der Waals surface area contributed by atoms with Crippen LogP contribution in [0, 0.1) is 0 Å². The number of Topliss-reactive ketones (excluding diaryl/α,β-unsaturated/α-hetero) is 3. The molecule has 3 aromatic rings. The third-order valence-corrected chi connectivity index (χ3v) is 16.1. The maximum atomic E-state index is 14.4. The SMILES string of the molecule is CCOC(=O)C(=O)CCOC.CCOC(=O)C(F)(F)CCOC.CCOC(=O)C1(CCOC)SCCCS1.CCOc1cc2nc(C(F)(F)CCOC)cn2cc1CC(=O)c1cccc(C(F)F)n1.COCCC(F)(F)C(=O)CCl.COCCC(F)(F)C(=O)O.COCCO.COCCOS(C)(=O)=O. The van der Waals surface area contributed by atoms with Gasteiger partial charge in [0.1, 0.15) is 28.5 Å². The summed E-state index contributed by atoms with van der Waals surface area (Å²) in [6, 6.07) is 5.28. The Morgan fingerprint density at radius 1 is 0.644 bits per heavy atom. The van der Waals surface area contributed by atoms with Crippen LogP contribution in [-0.2, 0) is 108 Å². The van der Waals surface area contributed by atoms with Gasteiger partial charge < -0.3 is 71.5 Å². The fourth-order valence-corrected chi connectivity index (χ4v) is 10.3. The lowest BCUT2D eigenvalue weighted by Gasteiger charge is -2.33. The molecule has 0 radical (unpaired) electrons. The quantitative estimate of drug-likeness (QED) is 0.00781. The van der Waals surface area contributed by atoms with E-state index < -0.39 is 123 Å². The molecule has 0 spiro atoms. The number of alkyl halides is 11. The summed E-state index contributed by atoms with van der Waals surface area (Å²) in [5.74, 6) is -18.6. The molecule has 1 aliphatic heterocycles. The van der Waals surface area contributed by atoms with Crippen molar-refractivity contribution in [3.05, 3.63) is 59.3 Å². The standard InChI is InChI=1S/C21H21F4N3O3.C10H18O3S2.C7H12F2O3.C7H12O4.C6H9ClF2O2.C5H8F2O3.C4H10O4S.C3H8O2/c1-3-31-17-10-19-27-18(21(24,25)7-8-30-2)12-28(19)11-13(17)9-16(29)14-5-4-6-15(26-14)20(22)23;1-3-13-9(11)10(5-6-12-2)14-7-4-8-15-10;1-3-12-6(10)7(8,9)4-5-11-2;1-3-11-7(9)6(8)4-5-10-2;1-11-3-2-6(8,9)5(10)4-7;1-10-3-2-5(6,7)4(8)9;1-7-3-4-8-9(2,5)6;1-5-3-2-4/h4-6,10-12,20H,3,7-9H2,1-2H3;3-8H2,1-2H3;3-5H2,1-2H3;3-5H2,1-2H3;2-4H2,1H3;2-3H2,1H3,(H,8,9);3-4H2,1-2H3;4H,2-3H2,1H3. The predicted octanol–water partition coefficient (Wildman–Crippen LogP) is 9.59. The van der Waals surface area contributed by atoms with Gasteiger partial charge in [0.25, 0.3) is 22.5 Å². The van der Waals surface area contributed by atoms with Crippen molar-refractivity contribution in [2.45, 2.75) is 113 Å². The Morgan fingerprint density at radius 3 is 1.61 bits per heavy atom. The van der Waals surface area contributed by atoms with Crippen molar-refractivity contribution in [2.75, 3.05) is 173 Å². The Hall–Kier alpha value is -5.63. The summed E-state index contributed by atoms with van der Waals surface area (Å²) in [6.45, 7) is 8.78. The number of carbonyl (C=O) groups excluding carboxylic acids is 6. The van der Waals surface area contributed by atoms with Crippen molar-refractivity contribution in [2.24, 2.45) is 0 Å². The van der Waals surface area contributed by atoms with E-state index in [2.05, 4.69) is 52.0 Å². The third-order valence-electron chi connectivity index (χ3n) is 11.9. The summed E-state index contributed by atoms with van der Waals surface area (Å²) in [7, 11) is 8.04. The topological polar surface area (TPSA) is 344 Å². The lowest BCUT2D eigenvalue weighted by atomic mass is 10.1. The molecule has 104 heavy (non-hydrogen) atoms. The number of fused-ring (bicyclic) bond motifs is 1. The van der Waals surface area contributed by atoms with Gasteiger partial charge in [-0.3, -0.25) is 18.6 Å². The average molecular weight is 1600 g/mol. The number of carboxylic acid groups (broad SMARTS) is 1. The number of nitrogens with zero attached hydrogens (tertiary/aromatic N) is 3. The van der Waals surface area contributed by atoms with E-state index in [0.717, 1.165) is 30.2 Å². The van der Waals surface area contributed by atoms with Gasteiger partial charge in [-0.05, 0) is 57.8 Å². The maximum Gasteiger partial charge on any atom is 0.377 e. The van der Waals surface area contributed by atoms with Crippen LogP contribution in [-0.4, -0.2) is 269 Å². The molecule has 3 aromatic heterocycles. The molecule has 0 aromatic carbocycles. The molecule has 0 saturated carbocycles. The van der Waals surface area contributed by atoms with Crippen LogP contribution >= 0.6 is 35.1 Å². The van der Waals surface area contributed by atoms with E-state index in [9.17, 15) is 85.9 Å². The number of aliphatic hydroxyl groups is 1. The summed E-state index contributed by atoms with van der Waals surface area (Å²) in [4.78, 5) is 84.3. The molecular formula is C63H98ClF10N3O24S3. The van der Waals surface area contributed by atoms with Gasteiger partial charge in [-0.25, -0.2) is 37.9 Å². The highest BCUT2D eigenvalue weighted by atomic mass is 35.5. The van der Waals surface area contributed by atoms with Gasteiger partial charge >= 0.3 is 41.6 Å². The molecule has 604 valence electrons. The molecule has 27 nitrogen and oxygen atoms in total. The first kappa shape index (κ1) is 105. The second kappa shape index (κ2) is 59.4. The normalized spacial score (nSPS) is 12.5. The van der Waals surface area contributed by atoms with Crippen LogP contribution in [0.1, 0.15) is 107 Å². The van der Waals surface area contributed by atoms with Crippen molar-refractivity contribution in [3.8, 4) is 5.75 Å². The first-order chi connectivity index (χ1) is 48.8. The molecule has 0 amide bonds. The second-order valence-electron chi connectivity index (χ2n) is 20.1. The number of rotatable bonds is 40. The van der Waals surface area contributed by atoms with Gasteiger partial charge in [0.15, 0.2) is 9.86 Å². The maximum absolute atomic E-state index is 14.4. The zero-order chi connectivity index (χ0) is 80.6. The van der Waals surface area contributed by atoms with Gasteiger partial charge in [-0.1, -0.05) is 6.07 Å². The number of carbonyl (C=O) groups is 7. The van der Waals surface area contributed by atoms with Gasteiger partial charge in [0.2, 0.25) is 11.6 Å². The molecule has 0 unspecified atom stereocenters. The Morgan fingerprint density at radius 2 is 1.15 bits per heavy atom. The molecule has 4 heterocycles. The molecule has 0 aliphatic carbocycles. The van der Waals surface area contributed by atoms with Crippen LogP contribution in [0.15, 0.2) is 36.7 Å². The highest BCUT2D eigenvalue weighted by Gasteiger charge is 2.43. The number of aliphatic carboxylic acids is 1. The Kier molecular flexibility index (Phi) is 59.8. The molecule has 1 fully saturated rings. The molecule has 0 bridgehead atoms. The van der Waals surface area contributed by atoms with E-state index in [1.165, 1.54) is 91.0 Å². The Bertz CT molecular complexity index is 2980. The number of aromatic nitrogens is 3. The minimum absolute atomic E-state index is 0.0403. The van der Waals surface area contributed by atoms with Crippen LogP contribution in [0.3, 0.4) is 0 Å². The Balaban J connectivity index is -0.000000588. The number of aliphatic hydroxyl groups excluding tert-OH is 1. The molecule has 4 rings (SSSR count). The van der Waals surface area contributed by atoms with Crippen molar-refractivity contribution >= 4 is 92.1 Å². The van der Waals surface area contributed by atoms with E-state index >= 15 is 0 Å². The highest BCUT2D eigenvalue weighted by molar-refractivity contribution is 8.19. The van der Waals surface area contributed by atoms with Gasteiger partial charge in [0.05, 0.1) is 98.0 Å². The predicted molar refractivity (Wildman–Crippen MR) is 363 cm³/mol. The summed E-state index contributed by atoms with van der Waals surface area (Å²) >= 11 is 8.36. The third kappa shape index (κ3) is 47.8. The molecule has 1 aliphatic rings. The molecule has 1 saturated heterocycles. The van der Waals surface area contributed by atoms with Crippen LogP contribution in [0.2, 0.25) is 0 Å². The Labute approximate surface area is 612 Å². The monoisotopic (exact) mass is 1600 g/mol. The number of carboxylic acids is 1. The van der Waals surface area contributed by atoms with Gasteiger partial charge in [-0.15, -0.1) is 35.1 Å². The number of thioether (sulfide) groups is 2. The minimum atomic E-state index is -3.66. The second-order valence-corrected chi connectivity index (χ2v) is 25.1. The van der Waals surface area contributed by atoms with Gasteiger partial charge in [0, 0.05) is 132 Å². The van der Waals surface area contributed by atoms with E-state index in [-0.39, 0.29) is 96.2 Å². The smallest absolute Gasteiger partial charge is 0.377 e. The van der Waals surface area contributed by atoms with Crippen molar-refractivity contribution in [1.82, 2.24) is 14.4 Å². The zero-order valence-corrected chi connectivity index (χ0v) is 63.5. The summed E-state index contributed by atoms with van der Waals surface area (Å²) < 4.78 is 210. The summed E-state index contributed by atoms with van der Waals surface area (Å²) in [5.41, 5.74) is -0.416. The lowest BCUT2D eigenvalue weighted by molar-refractivity contribution is -0.173. The molecular weight excluding hydrogens is 1500 g/mol. The lowest BCUT2D eigenvalue weighted by Crippen LogP contribution is -2.37. The number of methoxy groups -OCH3 is 8. The summed E-state index contributed by atoms with van der Waals surface area (Å²) in [5, 5.41) is 15.8. The number of halogens is 11. The van der Waals surface area contributed by atoms with Crippen LogP contribution in [0.4, 0.5) is 43.9 Å². The van der Waals surface area contributed by atoms with E-state index in [0.29, 0.717) is 37.7 Å². The number of hydrogen-bond donors (Lipinski definition) is 2. The first-order valence-electron chi connectivity index (χ1n) is 31.2. The highest BCUT2D eigenvalue weighted by Crippen LogP contribution is 2.46. The number of hydrogen-bond acceptors (Lipinski definition) is 27. The zero-order valence-electron chi connectivity index (χ0n) is 60.3. The average Bonchev–Trinajstić information content (AvgIpc) is 1.62. The van der Waals surface area contributed by atoms with Crippen LogP contribution in [0.25, 0.3) is 5.65 Å². The van der Waals surface area contributed by atoms with E-state index in [4.69, 9.17) is 40.8 Å². The number of esters is 3. The van der Waals surface area contributed by atoms with Crippen molar-refractivity contribution in [1.29, 1.82) is 0 Å². The fourth-order valence-electron chi connectivity index (χ4n) is 6.67. The molecule has 0 atom stereocenters. The minimum Gasteiger partial charge on any atom is -0.493 e. The number of pyridine rings is 2. The van der Waals surface area contributed by atoms with Crippen molar-refractivity contribution < 1.29 is 157 Å². The largest absolute Gasteiger partial charge is 0.493 e. The van der Waals surface area contributed by atoms with Crippen molar-refractivity contribution in [3.63, 3.8) is 0 Å².